The lowest BCUT2D eigenvalue weighted by Crippen LogP contribution is -2.32. The SMILES string of the molecule is CCCCCCCC(=O)NCCCCCC(=O)OC.COC(=O)CCCCCNC(=O)C(=O)OC.COC(=O)CNC(=O)OC. The molecule has 3 amide bonds. The highest BCUT2D eigenvalue weighted by atomic mass is 16.5. The van der Waals surface area contributed by atoms with Crippen LogP contribution in [0, 0.1) is 0 Å². The van der Waals surface area contributed by atoms with E-state index in [0.29, 0.717) is 38.6 Å². The van der Waals surface area contributed by atoms with E-state index in [0.717, 1.165) is 52.2 Å². The van der Waals surface area contributed by atoms with Crippen molar-refractivity contribution in [3.05, 3.63) is 0 Å². The van der Waals surface area contributed by atoms with E-state index in [2.05, 4.69) is 46.6 Å². The number of amides is 3. The Kier molecular flexibility index (Phi) is 35.0. The summed E-state index contributed by atoms with van der Waals surface area (Å²) in [5, 5.41) is 7.47. The van der Waals surface area contributed by atoms with Crippen molar-refractivity contribution in [3.63, 3.8) is 0 Å². The van der Waals surface area contributed by atoms with E-state index in [1.54, 1.807) is 0 Å². The maximum Gasteiger partial charge on any atom is 0.407 e. The minimum absolute atomic E-state index is 0.156. The first-order valence-electron chi connectivity index (χ1n) is 15.2. The van der Waals surface area contributed by atoms with Crippen LogP contribution >= 0.6 is 0 Å². The Morgan fingerprint density at radius 3 is 1.40 bits per heavy atom. The molecule has 0 rings (SSSR count). The van der Waals surface area contributed by atoms with Crippen molar-refractivity contribution in [1.82, 2.24) is 16.0 Å². The van der Waals surface area contributed by atoms with Gasteiger partial charge in [-0.05, 0) is 32.1 Å². The fourth-order valence-electron chi connectivity index (χ4n) is 3.21. The predicted molar refractivity (Wildman–Crippen MR) is 165 cm³/mol. The molecule has 0 aromatic carbocycles. The van der Waals surface area contributed by atoms with Gasteiger partial charge in [-0.2, -0.15) is 0 Å². The highest BCUT2D eigenvalue weighted by molar-refractivity contribution is 6.32. The third-order valence-electron chi connectivity index (χ3n) is 5.85. The summed E-state index contributed by atoms with van der Waals surface area (Å²) in [6.07, 6.45) is 11.6. The van der Waals surface area contributed by atoms with Crippen molar-refractivity contribution < 1.29 is 57.2 Å². The van der Waals surface area contributed by atoms with Gasteiger partial charge in [-0.1, -0.05) is 45.4 Å². The molecule has 0 aromatic heterocycles. The van der Waals surface area contributed by atoms with Crippen LogP contribution in [0.15, 0.2) is 0 Å². The van der Waals surface area contributed by atoms with Crippen molar-refractivity contribution in [2.75, 3.05) is 55.2 Å². The largest absolute Gasteiger partial charge is 0.469 e. The van der Waals surface area contributed by atoms with Crippen LogP contribution in [0.2, 0.25) is 0 Å². The smallest absolute Gasteiger partial charge is 0.407 e. The number of unbranched alkanes of at least 4 members (excludes halogenated alkanes) is 8. The van der Waals surface area contributed by atoms with Crippen LogP contribution in [0.3, 0.4) is 0 Å². The van der Waals surface area contributed by atoms with Crippen molar-refractivity contribution in [3.8, 4) is 0 Å². The van der Waals surface area contributed by atoms with Gasteiger partial charge in [0, 0.05) is 32.4 Å². The van der Waals surface area contributed by atoms with Crippen LogP contribution in [0.5, 0.6) is 0 Å². The molecule has 3 N–H and O–H groups in total. The summed E-state index contributed by atoms with van der Waals surface area (Å²) in [5.41, 5.74) is 0. The summed E-state index contributed by atoms with van der Waals surface area (Å²) in [6, 6.07) is 0. The van der Waals surface area contributed by atoms with Crippen molar-refractivity contribution in [1.29, 1.82) is 0 Å². The van der Waals surface area contributed by atoms with Gasteiger partial charge in [0.15, 0.2) is 0 Å². The van der Waals surface area contributed by atoms with Gasteiger partial charge in [-0.25, -0.2) is 9.59 Å². The molecule has 15 heteroatoms. The number of alkyl carbamates (subject to hydrolysis) is 1. The van der Waals surface area contributed by atoms with Crippen LogP contribution in [-0.4, -0.2) is 97.0 Å². The number of hydrogen-bond donors (Lipinski definition) is 3. The summed E-state index contributed by atoms with van der Waals surface area (Å²) in [5.74, 6) is -2.38. The van der Waals surface area contributed by atoms with Crippen LogP contribution in [-0.2, 0) is 52.5 Å². The second kappa shape index (κ2) is 34.6. The Hall–Kier alpha value is -3.91. The zero-order chi connectivity index (χ0) is 34.7. The Labute approximate surface area is 267 Å². The van der Waals surface area contributed by atoms with Gasteiger partial charge in [0.05, 0.1) is 35.5 Å². The summed E-state index contributed by atoms with van der Waals surface area (Å²) in [6.45, 7) is 3.14. The van der Waals surface area contributed by atoms with E-state index >= 15 is 0 Å². The molecular formula is C30H55N3O12. The molecule has 45 heavy (non-hydrogen) atoms. The average molecular weight is 650 g/mol. The zero-order valence-corrected chi connectivity index (χ0v) is 27.9. The van der Waals surface area contributed by atoms with Gasteiger partial charge in [0.25, 0.3) is 0 Å². The second-order valence-electron chi connectivity index (χ2n) is 9.46. The van der Waals surface area contributed by atoms with Gasteiger partial charge in [0.2, 0.25) is 5.91 Å². The van der Waals surface area contributed by atoms with E-state index in [1.165, 1.54) is 47.7 Å². The van der Waals surface area contributed by atoms with Gasteiger partial charge >= 0.3 is 35.9 Å². The van der Waals surface area contributed by atoms with Gasteiger partial charge < -0.3 is 39.6 Å². The third kappa shape index (κ3) is 36.2. The van der Waals surface area contributed by atoms with Crippen LogP contribution < -0.4 is 16.0 Å². The molecule has 0 bridgehead atoms. The third-order valence-corrected chi connectivity index (χ3v) is 5.85. The molecule has 262 valence electrons. The maximum atomic E-state index is 11.5. The molecule has 0 saturated carbocycles. The van der Waals surface area contributed by atoms with E-state index < -0.39 is 23.9 Å². The highest BCUT2D eigenvalue weighted by Crippen LogP contribution is 2.05. The second-order valence-corrected chi connectivity index (χ2v) is 9.46. The van der Waals surface area contributed by atoms with E-state index in [9.17, 15) is 33.6 Å². The molecule has 0 radical (unpaired) electrons. The topological polar surface area (TPSA) is 202 Å². The lowest BCUT2D eigenvalue weighted by Gasteiger charge is -2.05. The van der Waals surface area contributed by atoms with Gasteiger partial charge in [-0.3, -0.25) is 24.0 Å². The summed E-state index contributed by atoms with van der Waals surface area (Å²) in [4.78, 5) is 75.3. The first-order valence-corrected chi connectivity index (χ1v) is 15.2. The van der Waals surface area contributed by atoms with Crippen molar-refractivity contribution >= 4 is 41.8 Å². The predicted octanol–water partition coefficient (Wildman–Crippen LogP) is 2.72. The Morgan fingerprint density at radius 1 is 0.467 bits per heavy atom. The first kappa shape index (κ1) is 45.5. The fourth-order valence-corrected chi connectivity index (χ4v) is 3.21. The van der Waals surface area contributed by atoms with Crippen molar-refractivity contribution in [2.24, 2.45) is 0 Å². The minimum atomic E-state index is -0.894. The van der Waals surface area contributed by atoms with Gasteiger partial charge in [0.1, 0.15) is 6.54 Å². The number of ether oxygens (including phenoxy) is 5. The molecule has 0 saturated heterocycles. The molecular weight excluding hydrogens is 594 g/mol. The molecule has 0 unspecified atom stereocenters. The normalized spacial score (nSPS) is 9.47. The lowest BCUT2D eigenvalue weighted by molar-refractivity contribution is -0.152. The molecule has 15 nitrogen and oxygen atoms in total. The van der Waals surface area contributed by atoms with Crippen LogP contribution in [0.25, 0.3) is 0 Å². The number of rotatable bonds is 20. The summed E-state index contributed by atoms with van der Waals surface area (Å²) >= 11 is 0. The molecule has 0 spiro atoms. The monoisotopic (exact) mass is 649 g/mol. The molecule has 0 atom stereocenters. The summed E-state index contributed by atoms with van der Waals surface area (Å²) < 4.78 is 21.7. The number of hydrogen-bond acceptors (Lipinski definition) is 12. The zero-order valence-electron chi connectivity index (χ0n) is 27.9. The Bertz CT molecular complexity index is 821. The Morgan fingerprint density at radius 2 is 0.933 bits per heavy atom. The number of nitrogens with one attached hydrogen (secondary N) is 3. The molecule has 0 aliphatic carbocycles. The average Bonchev–Trinajstić information content (AvgIpc) is 3.05. The highest BCUT2D eigenvalue weighted by Gasteiger charge is 2.11. The standard InChI is InChI=1S/C15H29NO3.C10H17NO5.C5H9NO4/c1-3-4-5-6-8-11-14(17)16-13-10-7-9-12-15(18)19-2;1-15-8(12)6-4-3-5-7-11-9(13)10(14)16-2;1-9-4(7)3-6-5(8)10-2/h3-13H2,1-2H3,(H,16,17);3-7H2,1-2H3,(H,11,13);3H2,1-2H3,(H,6,8). The molecule has 0 aromatic rings. The number of methoxy groups -OCH3 is 5. The molecule has 0 fully saturated rings. The van der Waals surface area contributed by atoms with Gasteiger partial charge in [-0.15, -0.1) is 0 Å². The number of carbonyl (C=O) groups excluding carboxylic acids is 7. The van der Waals surface area contributed by atoms with E-state index in [4.69, 9.17) is 0 Å². The molecule has 0 heterocycles. The number of esters is 4. The van der Waals surface area contributed by atoms with E-state index in [-0.39, 0.29) is 24.4 Å². The number of carbonyl (C=O) groups is 7. The Balaban J connectivity index is -0.000000616. The quantitative estimate of drug-likeness (QED) is 0.0754. The van der Waals surface area contributed by atoms with E-state index in [1.807, 2.05) is 0 Å². The fraction of sp³-hybridized carbons (Fsp3) is 0.767. The molecule has 0 aliphatic rings. The van der Waals surface area contributed by atoms with Crippen LogP contribution in [0.1, 0.15) is 96.8 Å². The first-order chi connectivity index (χ1) is 21.5. The maximum absolute atomic E-state index is 11.5. The van der Waals surface area contributed by atoms with Crippen molar-refractivity contribution in [2.45, 2.75) is 96.8 Å². The minimum Gasteiger partial charge on any atom is -0.469 e. The summed E-state index contributed by atoms with van der Waals surface area (Å²) in [7, 11) is 6.36. The lowest BCUT2D eigenvalue weighted by atomic mass is 10.1. The van der Waals surface area contributed by atoms with Crippen LogP contribution in [0.4, 0.5) is 4.79 Å². The molecule has 0 aliphatic heterocycles.